The van der Waals surface area contributed by atoms with E-state index >= 15 is 0 Å². The van der Waals surface area contributed by atoms with Crippen LogP contribution in [0.2, 0.25) is 0 Å². The van der Waals surface area contributed by atoms with Gasteiger partial charge in [0.15, 0.2) is 5.75 Å². The molecule has 4 aliphatic rings. The molecule has 21 heteroatoms. The molecule has 4 fully saturated rings. The third-order valence-electron chi connectivity index (χ3n) is 16.2. The number of ether oxygens (including phenoxy) is 3. The maximum absolute atomic E-state index is 14.9. The Morgan fingerprint density at radius 2 is 1.74 bits per heavy atom. The van der Waals surface area contributed by atoms with Gasteiger partial charge in [0.05, 0.1) is 41.9 Å². The number of anilines is 2. The van der Waals surface area contributed by atoms with Crippen LogP contribution in [-0.4, -0.2) is 119 Å². The molecule has 406 valence electrons. The molecule has 19 nitrogen and oxygen atoms in total. The molecule has 4 N–H and O–H groups in total. The molecule has 2 aromatic carbocycles. The number of halogens is 1. The third kappa shape index (κ3) is 11.4. The largest absolute Gasteiger partial charge is 0.481 e. The molecule has 2 aliphatic carbocycles. The summed E-state index contributed by atoms with van der Waals surface area (Å²) in [7, 11) is -1.75. The van der Waals surface area contributed by atoms with Crippen LogP contribution in [0.25, 0.3) is 16.6 Å². The number of nitrogens with zero attached hydrogens (tertiary/aromatic N) is 7. The van der Waals surface area contributed by atoms with Gasteiger partial charge in [-0.15, -0.1) is 0 Å². The number of nitro groups is 1. The lowest BCUT2D eigenvalue weighted by Gasteiger charge is -2.58. The molecule has 2 saturated heterocycles. The quantitative estimate of drug-likeness (QED) is 0.0493. The number of piperazine rings is 1. The zero-order valence-corrected chi connectivity index (χ0v) is 44.6. The van der Waals surface area contributed by atoms with Gasteiger partial charge in [0.25, 0.3) is 21.8 Å². The molecular weight excluding hydrogens is 1010 g/mol. The Hall–Kier alpha value is -7.20. The number of allylic oxidation sites excluding steroid dienone is 1. The monoisotopic (exact) mass is 1070 g/mol. The van der Waals surface area contributed by atoms with Crippen molar-refractivity contribution in [1.82, 2.24) is 34.5 Å². The van der Waals surface area contributed by atoms with Crippen LogP contribution >= 0.6 is 0 Å². The molecule has 1 amide bonds. The predicted octanol–water partition coefficient (Wildman–Crippen LogP) is 9.02. The second-order valence-electron chi connectivity index (χ2n) is 21.5. The normalized spacial score (nSPS) is 21.1. The van der Waals surface area contributed by atoms with Crippen molar-refractivity contribution in [3.8, 4) is 23.3 Å². The summed E-state index contributed by atoms with van der Waals surface area (Å²) in [5, 5.41) is 25.7. The first-order valence-electron chi connectivity index (χ1n) is 26.1. The Labute approximate surface area is 447 Å². The van der Waals surface area contributed by atoms with Crippen LogP contribution in [0, 0.1) is 27.3 Å². The summed E-state index contributed by atoms with van der Waals surface area (Å²) >= 11 is 0. The van der Waals surface area contributed by atoms with Gasteiger partial charge in [0.2, 0.25) is 11.7 Å². The lowest BCUT2D eigenvalue weighted by atomic mass is 9.59. The van der Waals surface area contributed by atoms with E-state index in [9.17, 15) is 32.8 Å². The van der Waals surface area contributed by atoms with Crippen molar-refractivity contribution in [3.63, 3.8) is 0 Å². The molecule has 77 heavy (non-hydrogen) atoms. The van der Waals surface area contributed by atoms with E-state index in [1.807, 2.05) is 12.1 Å². The fraction of sp³-hybridized carbons (Fsp3) is 0.429. The number of amides is 1. The maximum Gasteiger partial charge on any atom is 0.312 e. The molecule has 1 atom stereocenters. The molecule has 0 radical (unpaired) electrons. The minimum atomic E-state index is -4.75. The van der Waals surface area contributed by atoms with E-state index in [1.54, 1.807) is 32.4 Å². The highest BCUT2D eigenvalue weighted by Gasteiger charge is 2.50. The van der Waals surface area contributed by atoms with Crippen LogP contribution in [0.1, 0.15) is 98.3 Å². The van der Waals surface area contributed by atoms with Gasteiger partial charge in [-0.2, -0.15) is 4.98 Å². The predicted molar refractivity (Wildman–Crippen MR) is 289 cm³/mol. The van der Waals surface area contributed by atoms with Crippen LogP contribution < -0.4 is 29.1 Å². The van der Waals surface area contributed by atoms with Crippen LogP contribution in [0.5, 0.6) is 23.3 Å². The average Bonchev–Trinajstić information content (AvgIpc) is 3.79. The Kier molecular flexibility index (Phi) is 15.0. The molecule has 4 aromatic heterocycles. The molecule has 2 saturated carbocycles. The van der Waals surface area contributed by atoms with Gasteiger partial charge in [-0.1, -0.05) is 36.4 Å². The van der Waals surface area contributed by atoms with E-state index in [2.05, 4.69) is 82.4 Å². The molecule has 10 rings (SSSR count). The number of aromatic nitrogens is 4. The number of hydrogen-bond donors (Lipinski definition) is 4. The summed E-state index contributed by atoms with van der Waals surface area (Å²) in [5.41, 5.74) is 4.19. The molecule has 2 aliphatic heterocycles. The number of fused-ring (bicyclic) bond motifs is 1. The first kappa shape index (κ1) is 53.2. The van der Waals surface area contributed by atoms with Crippen molar-refractivity contribution in [2.75, 3.05) is 63.7 Å². The van der Waals surface area contributed by atoms with Gasteiger partial charge in [0.1, 0.15) is 22.1 Å². The number of rotatable bonds is 17. The van der Waals surface area contributed by atoms with E-state index in [0.29, 0.717) is 62.9 Å². The topological polar surface area (TPSA) is 231 Å². The fourth-order valence-electron chi connectivity index (χ4n) is 11.8. The number of pyridine rings is 3. The van der Waals surface area contributed by atoms with Crippen molar-refractivity contribution >= 4 is 49.7 Å². The number of methoxy groups -OCH3 is 2. The van der Waals surface area contributed by atoms with Gasteiger partial charge in [-0.05, 0) is 111 Å². The zero-order valence-electron chi connectivity index (χ0n) is 43.8. The maximum atomic E-state index is 14.9. The van der Waals surface area contributed by atoms with E-state index in [4.69, 9.17) is 14.2 Å². The van der Waals surface area contributed by atoms with E-state index in [-0.39, 0.29) is 57.2 Å². The second-order valence-corrected chi connectivity index (χ2v) is 23.2. The summed E-state index contributed by atoms with van der Waals surface area (Å²) in [6.07, 6.45) is 10.5. The zero-order chi connectivity index (χ0) is 54.2. The fourth-order valence-corrected chi connectivity index (χ4v) is 12.7. The number of nitrogens with one attached hydrogen (secondary N) is 3. The van der Waals surface area contributed by atoms with Gasteiger partial charge in [0, 0.05) is 100 Å². The second kappa shape index (κ2) is 21.7. The number of sulfonamides is 1. The summed E-state index contributed by atoms with van der Waals surface area (Å²) in [4.78, 5) is 48.1. The number of carbonyl (C=O) groups excluding carboxylic acids is 1. The lowest BCUT2D eigenvalue weighted by Crippen LogP contribution is -2.59. The molecule has 0 bridgehead atoms. The standard InChI is InChI=1S/C56H65FN10O9S/c1-35(2)41-8-6-7-9-42(41)47-34-64(33-37-14-19-58-50(24-37)74-4)22-23-66(47)39-28-56(29-39)17-20-65(21-18-56)38-10-11-43(48(25-38)76-49-27-44-45(57)32-61-51(44)62-54(49)75-5)53(68)63-77(72,73)40-26-46(67(70)71)52(60-31-40)59-30-36-12-15-55(3,69)16-13-36/h6-11,14,19,24-27,31-32,36,39,47,69H,1,12-13,15-18,20-23,28-30,33-34H2,2-5H3,(H,59,60)(H,61,62)(H,63,68)/t36?,47-,55?/m0/s1. The summed E-state index contributed by atoms with van der Waals surface area (Å²) in [6, 6.07) is 20.3. The summed E-state index contributed by atoms with van der Waals surface area (Å²) in [6.45, 7) is 13.5. The Bertz CT molecular complexity index is 3310. The smallest absolute Gasteiger partial charge is 0.312 e. The highest BCUT2D eigenvalue weighted by atomic mass is 32.2. The summed E-state index contributed by atoms with van der Waals surface area (Å²) in [5.74, 6) is -1.19. The lowest BCUT2D eigenvalue weighted by molar-refractivity contribution is -0.384. The van der Waals surface area contributed by atoms with E-state index in [0.717, 1.165) is 81.5 Å². The number of hydrogen-bond acceptors (Lipinski definition) is 16. The van der Waals surface area contributed by atoms with E-state index in [1.165, 1.54) is 30.4 Å². The Morgan fingerprint density at radius 3 is 2.47 bits per heavy atom. The van der Waals surface area contributed by atoms with Crippen molar-refractivity contribution in [1.29, 1.82) is 0 Å². The minimum absolute atomic E-state index is 0.0215. The Balaban J connectivity index is 0.858. The summed E-state index contributed by atoms with van der Waals surface area (Å²) < 4.78 is 62.1. The number of carbonyl (C=O) groups is 1. The highest BCUT2D eigenvalue weighted by molar-refractivity contribution is 7.90. The van der Waals surface area contributed by atoms with Crippen LogP contribution in [0.3, 0.4) is 0 Å². The molecule has 0 unspecified atom stereocenters. The van der Waals surface area contributed by atoms with Gasteiger partial charge in [-0.3, -0.25) is 24.7 Å². The van der Waals surface area contributed by atoms with Crippen molar-refractivity contribution in [2.45, 2.75) is 94.3 Å². The van der Waals surface area contributed by atoms with Crippen LogP contribution in [-0.2, 0) is 16.6 Å². The average molecular weight is 1070 g/mol. The SMILES string of the molecule is C=C(C)c1ccccc1[C@@H]1CN(Cc2ccnc(OC)c2)CCN1C1CC2(CCN(c3ccc(C(=O)NS(=O)(=O)c4cnc(NCC5CCC(C)(O)CC5)c([N+](=O)[O-])c4)c(Oc4cc5c(F)c[nH]c5nc4OC)c3)CC2)C1. The van der Waals surface area contributed by atoms with Crippen molar-refractivity contribution < 1.29 is 41.8 Å². The molecular formula is C56H65FN10O9S. The van der Waals surface area contributed by atoms with Gasteiger partial charge >= 0.3 is 5.69 Å². The van der Waals surface area contributed by atoms with Crippen LogP contribution in [0.15, 0.2) is 96.8 Å². The number of piperidine rings is 1. The first-order valence-corrected chi connectivity index (χ1v) is 27.6. The third-order valence-corrected chi connectivity index (χ3v) is 17.5. The highest BCUT2D eigenvalue weighted by Crippen LogP contribution is 2.53. The Morgan fingerprint density at radius 1 is 0.974 bits per heavy atom. The van der Waals surface area contributed by atoms with Crippen LogP contribution in [0.4, 0.5) is 21.6 Å². The molecule has 1 spiro atoms. The van der Waals surface area contributed by atoms with Gasteiger partial charge in [-0.25, -0.2) is 27.5 Å². The van der Waals surface area contributed by atoms with Crippen molar-refractivity contribution in [2.24, 2.45) is 11.3 Å². The number of H-pyrrole nitrogens is 1. The number of benzene rings is 2. The number of aliphatic hydroxyl groups is 1. The number of aromatic amines is 1. The van der Waals surface area contributed by atoms with Gasteiger partial charge < -0.3 is 34.5 Å². The van der Waals surface area contributed by atoms with Crippen molar-refractivity contribution in [3.05, 3.63) is 130 Å². The molecule has 6 heterocycles. The molecule has 6 aromatic rings. The van der Waals surface area contributed by atoms with E-state index < -0.39 is 42.9 Å². The first-order chi connectivity index (χ1) is 36.9. The minimum Gasteiger partial charge on any atom is -0.481 e.